The second-order valence-electron chi connectivity index (χ2n) is 4.00. The summed E-state index contributed by atoms with van der Waals surface area (Å²) in [5.74, 6) is 0. The molecule has 0 saturated heterocycles. The summed E-state index contributed by atoms with van der Waals surface area (Å²) < 4.78 is 3.63. The molecule has 7 nitrogen and oxygen atoms in total. The van der Waals surface area contributed by atoms with E-state index in [1.807, 2.05) is 23.1 Å². The third kappa shape index (κ3) is 3.94. The standard InChI is InChI=1S/C11H18N6O/c18-8-2-6-17-10-11(14-15-17)9-12-4-7-16-5-1-3-13-16/h1,3,5,10,12,18H,2,4,6-9H2. The zero-order chi connectivity index (χ0) is 12.6. The molecule has 0 atom stereocenters. The van der Waals surface area contributed by atoms with Crippen LogP contribution in [0.1, 0.15) is 12.1 Å². The van der Waals surface area contributed by atoms with Crippen molar-refractivity contribution in [2.45, 2.75) is 26.1 Å². The molecule has 2 N–H and O–H groups in total. The first-order chi connectivity index (χ1) is 8.88. The molecule has 0 aromatic carbocycles. The maximum Gasteiger partial charge on any atom is 0.0964 e. The highest BCUT2D eigenvalue weighted by atomic mass is 16.3. The van der Waals surface area contributed by atoms with Crippen LogP contribution in [-0.2, 0) is 19.6 Å². The molecule has 0 amide bonds. The van der Waals surface area contributed by atoms with E-state index < -0.39 is 0 Å². The number of aliphatic hydroxyl groups is 1. The molecule has 0 spiro atoms. The monoisotopic (exact) mass is 250 g/mol. The lowest BCUT2D eigenvalue weighted by Crippen LogP contribution is -2.19. The van der Waals surface area contributed by atoms with Crippen molar-refractivity contribution in [1.82, 2.24) is 30.1 Å². The Kier molecular flexibility index (Phi) is 4.86. The molecule has 18 heavy (non-hydrogen) atoms. The van der Waals surface area contributed by atoms with Crippen LogP contribution >= 0.6 is 0 Å². The predicted molar refractivity (Wildman–Crippen MR) is 65.7 cm³/mol. The number of nitrogens with one attached hydrogen (secondary N) is 1. The van der Waals surface area contributed by atoms with Gasteiger partial charge in [-0.2, -0.15) is 5.10 Å². The van der Waals surface area contributed by atoms with Gasteiger partial charge in [-0.05, 0) is 12.5 Å². The molecule has 0 aliphatic carbocycles. The highest BCUT2D eigenvalue weighted by molar-refractivity contribution is 4.91. The van der Waals surface area contributed by atoms with Crippen LogP contribution in [-0.4, -0.2) is 43.0 Å². The van der Waals surface area contributed by atoms with Gasteiger partial charge in [0.1, 0.15) is 0 Å². The maximum absolute atomic E-state index is 8.72. The number of nitrogens with zero attached hydrogens (tertiary/aromatic N) is 5. The highest BCUT2D eigenvalue weighted by Gasteiger charge is 2.00. The van der Waals surface area contributed by atoms with Crippen molar-refractivity contribution < 1.29 is 5.11 Å². The Morgan fingerprint density at radius 1 is 1.28 bits per heavy atom. The van der Waals surface area contributed by atoms with Crippen molar-refractivity contribution >= 4 is 0 Å². The summed E-state index contributed by atoms with van der Waals surface area (Å²) >= 11 is 0. The summed E-state index contributed by atoms with van der Waals surface area (Å²) in [6.07, 6.45) is 6.31. The lowest BCUT2D eigenvalue weighted by atomic mass is 10.4. The minimum absolute atomic E-state index is 0.178. The number of aryl methyl sites for hydroxylation is 1. The first-order valence-electron chi connectivity index (χ1n) is 6.06. The Morgan fingerprint density at radius 3 is 3.00 bits per heavy atom. The fraction of sp³-hybridized carbons (Fsp3) is 0.545. The van der Waals surface area contributed by atoms with Gasteiger partial charge in [-0.25, -0.2) is 0 Å². The molecule has 0 radical (unpaired) electrons. The van der Waals surface area contributed by atoms with E-state index in [0.717, 1.165) is 18.8 Å². The van der Waals surface area contributed by atoms with Gasteiger partial charge < -0.3 is 10.4 Å². The molecule has 2 aromatic heterocycles. The van der Waals surface area contributed by atoms with Crippen molar-refractivity contribution in [2.24, 2.45) is 0 Å². The summed E-state index contributed by atoms with van der Waals surface area (Å²) in [5, 5.41) is 24.1. The quantitative estimate of drug-likeness (QED) is 0.626. The molecule has 98 valence electrons. The zero-order valence-corrected chi connectivity index (χ0v) is 10.2. The molecule has 2 rings (SSSR count). The summed E-state index contributed by atoms with van der Waals surface area (Å²) in [4.78, 5) is 0. The van der Waals surface area contributed by atoms with Crippen molar-refractivity contribution in [1.29, 1.82) is 0 Å². The molecular weight excluding hydrogens is 232 g/mol. The minimum atomic E-state index is 0.178. The predicted octanol–water partition coefficient (Wildman–Crippen LogP) is -0.353. The van der Waals surface area contributed by atoms with Crippen LogP contribution in [0.5, 0.6) is 0 Å². The normalized spacial score (nSPS) is 10.9. The lowest BCUT2D eigenvalue weighted by molar-refractivity contribution is 0.276. The van der Waals surface area contributed by atoms with Crippen molar-refractivity contribution in [3.8, 4) is 0 Å². The molecule has 0 aliphatic heterocycles. The molecule has 0 bridgehead atoms. The number of aliphatic hydroxyl groups excluding tert-OH is 1. The second kappa shape index (κ2) is 6.87. The van der Waals surface area contributed by atoms with Gasteiger partial charge in [0, 0.05) is 44.8 Å². The second-order valence-corrected chi connectivity index (χ2v) is 4.00. The van der Waals surface area contributed by atoms with Gasteiger partial charge in [0.25, 0.3) is 0 Å². The van der Waals surface area contributed by atoms with E-state index in [0.29, 0.717) is 19.5 Å². The van der Waals surface area contributed by atoms with Crippen LogP contribution in [0.25, 0.3) is 0 Å². The number of hydrogen-bond donors (Lipinski definition) is 2. The Bertz CT molecular complexity index is 438. The third-order valence-electron chi connectivity index (χ3n) is 2.51. The Morgan fingerprint density at radius 2 is 2.22 bits per heavy atom. The largest absolute Gasteiger partial charge is 0.396 e. The Hall–Kier alpha value is -1.73. The number of hydrogen-bond acceptors (Lipinski definition) is 5. The van der Waals surface area contributed by atoms with Crippen LogP contribution in [0.15, 0.2) is 24.7 Å². The Labute approximate surface area is 105 Å². The summed E-state index contributed by atoms with van der Waals surface area (Å²) in [6, 6.07) is 1.91. The van der Waals surface area contributed by atoms with Crippen LogP contribution in [0.3, 0.4) is 0 Å². The number of rotatable bonds is 8. The molecule has 0 unspecified atom stereocenters. The van der Waals surface area contributed by atoms with E-state index >= 15 is 0 Å². The van der Waals surface area contributed by atoms with Gasteiger partial charge in [0.05, 0.1) is 12.2 Å². The summed E-state index contributed by atoms with van der Waals surface area (Å²) in [7, 11) is 0. The molecule has 0 aliphatic rings. The average Bonchev–Trinajstić information content (AvgIpc) is 3.04. The van der Waals surface area contributed by atoms with Gasteiger partial charge in [-0.3, -0.25) is 9.36 Å². The van der Waals surface area contributed by atoms with Crippen LogP contribution in [0.2, 0.25) is 0 Å². The van der Waals surface area contributed by atoms with Gasteiger partial charge in [0.15, 0.2) is 0 Å². The van der Waals surface area contributed by atoms with E-state index in [1.165, 1.54) is 0 Å². The Balaban J connectivity index is 1.65. The van der Waals surface area contributed by atoms with Crippen LogP contribution < -0.4 is 5.32 Å². The molecule has 7 heteroatoms. The van der Waals surface area contributed by atoms with E-state index in [2.05, 4.69) is 20.7 Å². The first kappa shape index (κ1) is 12.7. The van der Waals surface area contributed by atoms with Crippen LogP contribution in [0.4, 0.5) is 0 Å². The molecular formula is C11H18N6O. The smallest absolute Gasteiger partial charge is 0.0964 e. The van der Waals surface area contributed by atoms with Gasteiger partial charge >= 0.3 is 0 Å². The summed E-state index contributed by atoms with van der Waals surface area (Å²) in [6.45, 7) is 3.26. The third-order valence-corrected chi connectivity index (χ3v) is 2.51. The zero-order valence-electron chi connectivity index (χ0n) is 10.2. The fourth-order valence-corrected chi connectivity index (χ4v) is 1.60. The molecule has 2 heterocycles. The van der Waals surface area contributed by atoms with Gasteiger partial charge in [-0.1, -0.05) is 5.21 Å². The molecule has 0 fully saturated rings. The summed E-state index contributed by atoms with van der Waals surface area (Å²) in [5.41, 5.74) is 0.911. The lowest BCUT2D eigenvalue weighted by Gasteiger charge is -2.02. The molecule has 0 saturated carbocycles. The van der Waals surface area contributed by atoms with Crippen molar-refractivity contribution in [3.05, 3.63) is 30.4 Å². The number of aromatic nitrogens is 5. The molecule has 2 aromatic rings. The average molecular weight is 250 g/mol. The van der Waals surface area contributed by atoms with Gasteiger partial charge in [-0.15, -0.1) is 5.10 Å². The maximum atomic E-state index is 8.72. The van der Waals surface area contributed by atoms with E-state index in [9.17, 15) is 0 Å². The minimum Gasteiger partial charge on any atom is -0.396 e. The van der Waals surface area contributed by atoms with Crippen molar-refractivity contribution in [3.63, 3.8) is 0 Å². The van der Waals surface area contributed by atoms with E-state index in [1.54, 1.807) is 10.9 Å². The SMILES string of the molecule is OCCCn1cc(CNCCn2cccn2)nn1. The topological polar surface area (TPSA) is 80.8 Å². The van der Waals surface area contributed by atoms with Crippen molar-refractivity contribution in [2.75, 3.05) is 13.2 Å². The van der Waals surface area contributed by atoms with E-state index in [-0.39, 0.29) is 6.61 Å². The first-order valence-corrected chi connectivity index (χ1v) is 6.06. The van der Waals surface area contributed by atoms with Gasteiger partial charge in [0.2, 0.25) is 0 Å². The fourth-order valence-electron chi connectivity index (χ4n) is 1.60. The van der Waals surface area contributed by atoms with E-state index in [4.69, 9.17) is 5.11 Å². The van der Waals surface area contributed by atoms with Crippen LogP contribution in [0, 0.1) is 0 Å². The highest BCUT2D eigenvalue weighted by Crippen LogP contribution is 1.94.